The molecule has 0 aliphatic carbocycles. The highest BCUT2D eigenvalue weighted by Gasteiger charge is 2.37. The van der Waals surface area contributed by atoms with Crippen molar-refractivity contribution in [3.63, 3.8) is 0 Å². The number of alkyl halides is 3. The summed E-state index contributed by atoms with van der Waals surface area (Å²) in [5.74, 6) is -1.68. The number of nitrogens with zero attached hydrogens (tertiary/aromatic N) is 4. The fraction of sp³-hybridized carbons (Fsp3) is 0.368. The Morgan fingerprint density at radius 2 is 1.93 bits per heavy atom. The maximum Gasteiger partial charge on any atom is 0.453 e. The molecule has 2 aromatic heterocycles. The second-order valence-corrected chi connectivity index (χ2v) is 7.25. The van der Waals surface area contributed by atoms with Crippen LogP contribution in [0.2, 0.25) is 5.02 Å². The molecule has 2 heterocycles. The van der Waals surface area contributed by atoms with Crippen LogP contribution in [-0.2, 0) is 23.8 Å². The fourth-order valence-electron chi connectivity index (χ4n) is 3.12. The predicted octanol–water partition coefficient (Wildman–Crippen LogP) is 3.70. The van der Waals surface area contributed by atoms with Gasteiger partial charge in [0.25, 0.3) is 11.6 Å². The minimum atomic E-state index is -4.67. The third-order valence-corrected chi connectivity index (χ3v) is 4.90. The van der Waals surface area contributed by atoms with E-state index in [1.807, 2.05) is 25.1 Å². The molecule has 3 aromatic rings. The van der Waals surface area contributed by atoms with Crippen LogP contribution in [0.15, 0.2) is 24.3 Å². The average Bonchev–Trinajstić information content (AvgIpc) is 3.05. The lowest BCUT2D eigenvalue weighted by Gasteiger charge is -2.16. The van der Waals surface area contributed by atoms with Crippen molar-refractivity contribution >= 4 is 23.3 Å². The molecule has 0 fully saturated rings. The number of hydrogen-bond acceptors (Lipinski definition) is 4. The maximum atomic E-state index is 12.9. The van der Waals surface area contributed by atoms with Gasteiger partial charge in [0.2, 0.25) is 5.91 Å². The van der Waals surface area contributed by atoms with Crippen LogP contribution in [0.1, 0.15) is 35.3 Å². The average molecular weight is 426 g/mol. The van der Waals surface area contributed by atoms with E-state index >= 15 is 0 Å². The molecule has 0 aliphatic rings. The normalized spacial score (nSPS) is 12.9. The number of rotatable bonds is 5. The second kappa shape index (κ2) is 7.98. The van der Waals surface area contributed by atoms with Gasteiger partial charge in [0, 0.05) is 28.0 Å². The number of carbonyl (C=O) groups excluding carboxylic acids is 1. The van der Waals surface area contributed by atoms with Gasteiger partial charge in [-0.15, -0.1) is 5.10 Å². The molecule has 0 aliphatic heterocycles. The highest BCUT2D eigenvalue weighted by molar-refractivity contribution is 6.31. The number of aryl methyl sites for hydroxylation is 2. The van der Waals surface area contributed by atoms with Crippen LogP contribution >= 0.6 is 11.6 Å². The smallest absolute Gasteiger partial charge is 0.353 e. The van der Waals surface area contributed by atoms with Gasteiger partial charge in [-0.05, 0) is 38.8 Å². The third-order valence-electron chi connectivity index (χ3n) is 4.53. The lowest BCUT2D eigenvalue weighted by atomic mass is 10.1. The van der Waals surface area contributed by atoms with Crippen molar-refractivity contribution < 1.29 is 18.0 Å². The standard InChI is InChI=1S/C19H19ClF3N5O/c1-10(8-13-6-4-5-7-15(13)20)24-16(29)9-14-11(2)25-18-26-17(19(21,22)23)27-28(18)12(14)3/h4-7,10H,8-9H2,1-3H3,(H,24,29). The molecule has 10 heteroatoms. The van der Waals surface area contributed by atoms with Gasteiger partial charge in [-0.25, -0.2) is 9.50 Å². The lowest BCUT2D eigenvalue weighted by molar-refractivity contribution is -0.144. The van der Waals surface area contributed by atoms with E-state index in [-0.39, 0.29) is 24.1 Å². The Kier molecular flexibility index (Phi) is 5.79. The molecule has 0 radical (unpaired) electrons. The first kappa shape index (κ1) is 21.0. The molecule has 1 N–H and O–H groups in total. The summed E-state index contributed by atoms with van der Waals surface area (Å²) in [6, 6.07) is 7.20. The van der Waals surface area contributed by atoms with Gasteiger partial charge < -0.3 is 5.32 Å². The Morgan fingerprint density at radius 3 is 2.59 bits per heavy atom. The second-order valence-electron chi connectivity index (χ2n) is 6.85. The Hall–Kier alpha value is -2.68. The molecular formula is C19H19ClF3N5O. The Bertz CT molecular complexity index is 1060. The molecule has 0 spiro atoms. The number of carbonyl (C=O) groups is 1. The van der Waals surface area contributed by atoms with E-state index in [1.54, 1.807) is 19.9 Å². The molecule has 0 bridgehead atoms. The summed E-state index contributed by atoms with van der Waals surface area (Å²) in [7, 11) is 0. The minimum absolute atomic E-state index is 0.0331. The topological polar surface area (TPSA) is 72.2 Å². The summed E-state index contributed by atoms with van der Waals surface area (Å²) in [4.78, 5) is 20.0. The van der Waals surface area contributed by atoms with Crippen molar-refractivity contribution in [3.8, 4) is 0 Å². The van der Waals surface area contributed by atoms with Crippen molar-refractivity contribution in [1.29, 1.82) is 0 Å². The first-order valence-electron chi connectivity index (χ1n) is 8.89. The van der Waals surface area contributed by atoms with Crippen LogP contribution in [0.5, 0.6) is 0 Å². The largest absolute Gasteiger partial charge is 0.453 e. The summed E-state index contributed by atoms with van der Waals surface area (Å²) < 4.78 is 39.7. The molecule has 154 valence electrons. The van der Waals surface area contributed by atoms with Crippen molar-refractivity contribution in [3.05, 3.63) is 57.6 Å². The fourth-order valence-corrected chi connectivity index (χ4v) is 3.33. The number of amides is 1. The molecule has 29 heavy (non-hydrogen) atoms. The summed E-state index contributed by atoms with van der Waals surface area (Å²) in [6.45, 7) is 5.08. The van der Waals surface area contributed by atoms with E-state index in [0.717, 1.165) is 10.1 Å². The highest BCUT2D eigenvalue weighted by atomic mass is 35.5. The number of nitrogens with one attached hydrogen (secondary N) is 1. The Labute approximate surface area is 170 Å². The zero-order valence-corrected chi connectivity index (χ0v) is 16.8. The van der Waals surface area contributed by atoms with E-state index in [9.17, 15) is 18.0 Å². The third kappa shape index (κ3) is 4.67. The van der Waals surface area contributed by atoms with E-state index in [1.165, 1.54) is 0 Å². The molecule has 1 unspecified atom stereocenters. The summed E-state index contributed by atoms with van der Waals surface area (Å²) in [6.07, 6.45) is -4.15. The quantitative estimate of drug-likeness (QED) is 0.676. The zero-order valence-electron chi connectivity index (χ0n) is 16.0. The number of halogens is 4. The van der Waals surface area contributed by atoms with Crippen LogP contribution < -0.4 is 5.32 Å². The van der Waals surface area contributed by atoms with E-state index in [0.29, 0.717) is 28.4 Å². The van der Waals surface area contributed by atoms with Crippen molar-refractivity contribution in [2.45, 2.75) is 45.8 Å². The number of fused-ring (bicyclic) bond motifs is 1. The maximum absolute atomic E-state index is 12.9. The summed E-state index contributed by atoms with van der Waals surface area (Å²) in [5.41, 5.74) is 2.26. The van der Waals surface area contributed by atoms with Gasteiger partial charge in [0.1, 0.15) is 0 Å². The van der Waals surface area contributed by atoms with Crippen molar-refractivity contribution in [1.82, 2.24) is 24.9 Å². The molecule has 6 nitrogen and oxygen atoms in total. The molecular weight excluding hydrogens is 407 g/mol. The molecule has 1 atom stereocenters. The number of hydrogen-bond donors (Lipinski definition) is 1. The van der Waals surface area contributed by atoms with Gasteiger partial charge in [-0.3, -0.25) is 4.79 Å². The molecule has 0 saturated heterocycles. The van der Waals surface area contributed by atoms with Crippen LogP contribution in [0.25, 0.3) is 5.78 Å². The number of benzene rings is 1. The van der Waals surface area contributed by atoms with Crippen molar-refractivity contribution in [2.24, 2.45) is 0 Å². The monoisotopic (exact) mass is 425 g/mol. The first-order chi connectivity index (χ1) is 13.6. The van der Waals surface area contributed by atoms with Crippen LogP contribution in [0.4, 0.5) is 13.2 Å². The van der Waals surface area contributed by atoms with Gasteiger partial charge >= 0.3 is 6.18 Å². The predicted molar refractivity (Wildman–Crippen MR) is 102 cm³/mol. The first-order valence-corrected chi connectivity index (χ1v) is 9.27. The van der Waals surface area contributed by atoms with E-state index in [2.05, 4.69) is 20.4 Å². The summed E-state index contributed by atoms with van der Waals surface area (Å²) >= 11 is 6.15. The summed E-state index contributed by atoms with van der Waals surface area (Å²) in [5, 5.41) is 7.00. The van der Waals surface area contributed by atoms with Gasteiger partial charge in [-0.2, -0.15) is 18.2 Å². The molecule has 3 rings (SSSR count). The SMILES string of the molecule is Cc1nc2nc(C(F)(F)F)nn2c(C)c1CC(=O)NC(C)Cc1ccccc1Cl. The van der Waals surface area contributed by atoms with E-state index < -0.39 is 12.0 Å². The van der Waals surface area contributed by atoms with E-state index in [4.69, 9.17) is 11.6 Å². The molecule has 1 amide bonds. The number of aromatic nitrogens is 4. The van der Waals surface area contributed by atoms with Crippen LogP contribution in [-0.4, -0.2) is 31.5 Å². The zero-order chi connectivity index (χ0) is 21.3. The van der Waals surface area contributed by atoms with Gasteiger partial charge in [0.05, 0.1) is 6.42 Å². The van der Waals surface area contributed by atoms with Crippen LogP contribution in [0.3, 0.4) is 0 Å². The highest BCUT2D eigenvalue weighted by Crippen LogP contribution is 2.27. The molecule has 1 aromatic carbocycles. The van der Waals surface area contributed by atoms with Gasteiger partial charge in [-0.1, -0.05) is 29.8 Å². The minimum Gasteiger partial charge on any atom is -0.353 e. The van der Waals surface area contributed by atoms with Crippen molar-refractivity contribution in [2.75, 3.05) is 0 Å². The van der Waals surface area contributed by atoms with Crippen LogP contribution in [0, 0.1) is 13.8 Å². The Balaban J connectivity index is 1.76. The van der Waals surface area contributed by atoms with Gasteiger partial charge in [0.15, 0.2) is 0 Å². The molecule has 0 saturated carbocycles. The Morgan fingerprint density at radius 1 is 1.24 bits per heavy atom. The lowest BCUT2D eigenvalue weighted by Crippen LogP contribution is -2.35.